The maximum atomic E-state index is 12.9. The number of rotatable bonds is 6. The molecule has 0 heterocycles. The number of ether oxygens (including phenoxy) is 1. The third-order valence-electron chi connectivity index (χ3n) is 3.05. The summed E-state index contributed by atoms with van der Waals surface area (Å²) >= 11 is 0. The van der Waals surface area contributed by atoms with E-state index in [0.29, 0.717) is 11.4 Å². The van der Waals surface area contributed by atoms with Crippen LogP contribution >= 0.6 is 0 Å². The fourth-order valence-corrected chi connectivity index (χ4v) is 2.43. The quantitative estimate of drug-likeness (QED) is 0.492. The van der Waals surface area contributed by atoms with Gasteiger partial charge in [-0.15, -0.1) is 3.89 Å². The molecule has 0 aliphatic carbocycles. The minimum Gasteiger partial charge on any atom is -0.463 e. The molecule has 126 valence electrons. The van der Waals surface area contributed by atoms with Crippen LogP contribution in [0.3, 0.4) is 0 Å². The highest BCUT2D eigenvalue weighted by Gasteiger charge is 2.12. The standard InChI is InChI=1S/C17H16FNO4S/c1-2-23-17(20)12-16(13-6-4-3-5-7-13)19-14-8-10-15(11-9-14)24(18,21)22/h3-12,19H,2H2,1H3/b16-12+. The third kappa shape index (κ3) is 4.92. The van der Waals surface area contributed by atoms with Crippen LogP contribution in [-0.2, 0) is 19.8 Å². The zero-order valence-electron chi connectivity index (χ0n) is 12.9. The van der Waals surface area contributed by atoms with Gasteiger partial charge in [0, 0.05) is 11.8 Å². The summed E-state index contributed by atoms with van der Waals surface area (Å²) < 4.78 is 39.5. The lowest BCUT2D eigenvalue weighted by Gasteiger charge is -2.12. The van der Waals surface area contributed by atoms with Gasteiger partial charge in [0.1, 0.15) is 0 Å². The number of hydrogen-bond acceptors (Lipinski definition) is 5. The largest absolute Gasteiger partial charge is 0.463 e. The average Bonchev–Trinajstić information content (AvgIpc) is 2.55. The second-order valence-electron chi connectivity index (χ2n) is 4.76. The van der Waals surface area contributed by atoms with Crippen LogP contribution in [0.15, 0.2) is 65.6 Å². The minimum absolute atomic E-state index is 0.250. The first-order chi connectivity index (χ1) is 11.4. The Morgan fingerprint density at radius 2 is 1.75 bits per heavy atom. The van der Waals surface area contributed by atoms with E-state index in [1.54, 1.807) is 19.1 Å². The molecule has 0 bridgehead atoms. The maximum Gasteiger partial charge on any atom is 0.332 e. The molecule has 5 nitrogen and oxygen atoms in total. The van der Waals surface area contributed by atoms with Gasteiger partial charge in [-0.1, -0.05) is 30.3 Å². The number of esters is 1. The van der Waals surface area contributed by atoms with Crippen molar-refractivity contribution in [2.75, 3.05) is 11.9 Å². The van der Waals surface area contributed by atoms with Crippen LogP contribution in [0.5, 0.6) is 0 Å². The van der Waals surface area contributed by atoms with Crippen molar-refractivity contribution in [2.24, 2.45) is 0 Å². The monoisotopic (exact) mass is 349 g/mol. The van der Waals surface area contributed by atoms with Crippen molar-refractivity contribution in [1.29, 1.82) is 0 Å². The third-order valence-corrected chi connectivity index (χ3v) is 3.88. The molecule has 0 aromatic heterocycles. The highest BCUT2D eigenvalue weighted by atomic mass is 32.3. The van der Waals surface area contributed by atoms with Crippen LogP contribution in [-0.4, -0.2) is 21.0 Å². The van der Waals surface area contributed by atoms with Crippen molar-refractivity contribution in [3.8, 4) is 0 Å². The summed E-state index contributed by atoms with van der Waals surface area (Å²) in [6.07, 6.45) is 1.30. The molecule has 0 atom stereocenters. The molecule has 2 rings (SSSR count). The molecule has 0 fully saturated rings. The Hall–Kier alpha value is -2.67. The average molecular weight is 349 g/mol. The van der Waals surface area contributed by atoms with E-state index in [-0.39, 0.29) is 6.61 Å². The predicted octanol–water partition coefficient (Wildman–Crippen LogP) is 3.36. The van der Waals surface area contributed by atoms with Crippen molar-refractivity contribution >= 4 is 27.6 Å². The topological polar surface area (TPSA) is 72.5 Å². The lowest BCUT2D eigenvalue weighted by atomic mass is 10.1. The summed E-state index contributed by atoms with van der Waals surface area (Å²) in [5, 5.41) is 3.01. The van der Waals surface area contributed by atoms with Crippen LogP contribution < -0.4 is 5.32 Å². The Bertz CT molecular complexity index is 831. The molecule has 2 aromatic rings. The second kappa shape index (κ2) is 7.74. The molecule has 2 aromatic carbocycles. The van der Waals surface area contributed by atoms with Crippen molar-refractivity contribution in [3.05, 3.63) is 66.2 Å². The molecular formula is C17H16FNO4S. The number of carbonyl (C=O) groups excluding carboxylic acids is 1. The molecule has 0 spiro atoms. The molecule has 7 heteroatoms. The first kappa shape index (κ1) is 17.7. The maximum absolute atomic E-state index is 12.9. The number of anilines is 1. The van der Waals surface area contributed by atoms with Gasteiger partial charge >= 0.3 is 16.2 Å². The Balaban J connectivity index is 2.30. The second-order valence-corrected chi connectivity index (χ2v) is 6.11. The van der Waals surface area contributed by atoms with Gasteiger partial charge in [-0.05, 0) is 36.8 Å². The van der Waals surface area contributed by atoms with E-state index in [2.05, 4.69) is 5.32 Å². The first-order valence-corrected chi connectivity index (χ1v) is 8.54. The number of benzene rings is 2. The van der Waals surface area contributed by atoms with E-state index in [0.717, 1.165) is 17.7 Å². The van der Waals surface area contributed by atoms with Gasteiger partial charge < -0.3 is 10.1 Å². The van der Waals surface area contributed by atoms with Gasteiger partial charge in [-0.3, -0.25) is 0 Å². The zero-order valence-corrected chi connectivity index (χ0v) is 13.7. The predicted molar refractivity (Wildman–Crippen MR) is 89.4 cm³/mol. The normalized spacial score (nSPS) is 11.8. The zero-order chi connectivity index (χ0) is 17.6. The van der Waals surface area contributed by atoms with Crippen LogP contribution in [0, 0.1) is 0 Å². The molecule has 0 saturated carbocycles. The summed E-state index contributed by atoms with van der Waals surface area (Å²) in [6, 6.07) is 14.2. The molecule has 0 aliphatic heterocycles. The fourth-order valence-electron chi connectivity index (χ4n) is 1.97. The number of carbonyl (C=O) groups is 1. The Labute approximate surface area is 140 Å². The first-order valence-electron chi connectivity index (χ1n) is 7.16. The Kier molecular flexibility index (Phi) is 5.70. The van der Waals surface area contributed by atoms with E-state index >= 15 is 0 Å². The van der Waals surface area contributed by atoms with Crippen molar-refractivity contribution in [1.82, 2.24) is 0 Å². The van der Waals surface area contributed by atoms with Crippen molar-refractivity contribution in [2.45, 2.75) is 11.8 Å². The molecule has 0 aliphatic rings. The van der Waals surface area contributed by atoms with Gasteiger partial charge in [-0.25, -0.2) is 4.79 Å². The number of halogens is 1. The smallest absolute Gasteiger partial charge is 0.332 e. The SMILES string of the molecule is CCOC(=O)/C=C(/Nc1ccc(S(=O)(=O)F)cc1)c1ccccc1. The summed E-state index contributed by atoms with van der Waals surface area (Å²) in [7, 11) is -4.74. The Morgan fingerprint density at radius 3 is 2.29 bits per heavy atom. The highest BCUT2D eigenvalue weighted by molar-refractivity contribution is 7.86. The molecule has 24 heavy (non-hydrogen) atoms. The molecule has 0 unspecified atom stereocenters. The summed E-state index contributed by atoms with van der Waals surface area (Å²) in [6.45, 7) is 1.96. The van der Waals surface area contributed by atoms with Gasteiger partial charge in [0.15, 0.2) is 0 Å². The van der Waals surface area contributed by atoms with Crippen LogP contribution in [0.2, 0.25) is 0 Å². The van der Waals surface area contributed by atoms with Gasteiger partial charge in [0.2, 0.25) is 0 Å². The van der Waals surface area contributed by atoms with E-state index in [1.165, 1.54) is 18.2 Å². The number of nitrogens with one attached hydrogen (secondary N) is 1. The van der Waals surface area contributed by atoms with Gasteiger partial charge in [-0.2, -0.15) is 8.42 Å². The molecule has 0 radical (unpaired) electrons. The minimum atomic E-state index is -4.74. The van der Waals surface area contributed by atoms with Crippen LogP contribution in [0.1, 0.15) is 12.5 Å². The number of hydrogen-bond donors (Lipinski definition) is 1. The van der Waals surface area contributed by atoms with Gasteiger partial charge in [0.25, 0.3) is 0 Å². The molecule has 0 saturated heterocycles. The summed E-state index contributed by atoms with van der Waals surface area (Å²) in [5.74, 6) is -0.508. The lowest BCUT2D eigenvalue weighted by molar-refractivity contribution is -0.137. The highest BCUT2D eigenvalue weighted by Crippen LogP contribution is 2.21. The molecule has 1 N–H and O–H groups in total. The lowest BCUT2D eigenvalue weighted by Crippen LogP contribution is -2.06. The van der Waals surface area contributed by atoms with E-state index in [1.807, 2.05) is 18.2 Å². The van der Waals surface area contributed by atoms with Crippen molar-refractivity contribution < 1.29 is 21.8 Å². The fraction of sp³-hybridized carbons (Fsp3) is 0.118. The molecular weight excluding hydrogens is 333 g/mol. The van der Waals surface area contributed by atoms with Crippen LogP contribution in [0.25, 0.3) is 5.70 Å². The Morgan fingerprint density at radius 1 is 1.12 bits per heavy atom. The van der Waals surface area contributed by atoms with Gasteiger partial charge in [0.05, 0.1) is 17.2 Å². The van der Waals surface area contributed by atoms with E-state index in [9.17, 15) is 17.1 Å². The summed E-state index contributed by atoms with van der Waals surface area (Å²) in [5.41, 5.74) is 1.72. The molecule has 0 amide bonds. The van der Waals surface area contributed by atoms with E-state index < -0.39 is 21.1 Å². The van der Waals surface area contributed by atoms with Crippen LogP contribution in [0.4, 0.5) is 9.57 Å². The van der Waals surface area contributed by atoms with Crippen molar-refractivity contribution in [3.63, 3.8) is 0 Å². The summed E-state index contributed by atoms with van der Waals surface area (Å²) in [4.78, 5) is 11.3. The van der Waals surface area contributed by atoms with E-state index in [4.69, 9.17) is 4.74 Å².